The maximum absolute atomic E-state index is 5.99. The second kappa shape index (κ2) is 4.10. The lowest BCUT2D eigenvalue weighted by Gasteiger charge is -2.03. The summed E-state index contributed by atoms with van der Waals surface area (Å²) >= 11 is 1.65. The van der Waals surface area contributed by atoms with Crippen LogP contribution in [0, 0.1) is 13.8 Å². The van der Waals surface area contributed by atoms with Gasteiger partial charge < -0.3 is 10.3 Å². The number of imidazole rings is 1. The number of nitrogens with zero attached hydrogens (tertiary/aromatic N) is 3. The third kappa shape index (κ3) is 1.86. The van der Waals surface area contributed by atoms with Gasteiger partial charge in [0.05, 0.1) is 28.3 Å². The molecular weight excluding hydrogens is 244 g/mol. The van der Waals surface area contributed by atoms with E-state index < -0.39 is 0 Å². The lowest BCUT2D eigenvalue weighted by atomic mass is 10.2. The molecule has 0 radical (unpaired) electrons. The van der Waals surface area contributed by atoms with Crippen LogP contribution in [0.25, 0.3) is 11.0 Å². The van der Waals surface area contributed by atoms with Crippen molar-refractivity contribution in [1.82, 2.24) is 14.5 Å². The van der Waals surface area contributed by atoms with E-state index in [2.05, 4.69) is 40.5 Å². The van der Waals surface area contributed by atoms with Gasteiger partial charge in [0, 0.05) is 5.38 Å². The highest BCUT2D eigenvalue weighted by Crippen LogP contribution is 2.21. The van der Waals surface area contributed by atoms with Gasteiger partial charge in [0.1, 0.15) is 0 Å². The van der Waals surface area contributed by atoms with E-state index in [1.54, 1.807) is 11.3 Å². The van der Waals surface area contributed by atoms with E-state index in [1.807, 2.05) is 11.5 Å². The van der Waals surface area contributed by atoms with Crippen molar-refractivity contribution in [3.63, 3.8) is 0 Å². The maximum atomic E-state index is 5.99. The van der Waals surface area contributed by atoms with Gasteiger partial charge in [-0.3, -0.25) is 0 Å². The molecule has 92 valence electrons. The molecule has 2 aromatic heterocycles. The van der Waals surface area contributed by atoms with Crippen molar-refractivity contribution in [2.75, 3.05) is 5.73 Å². The van der Waals surface area contributed by atoms with E-state index in [0.717, 1.165) is 21.7 Å². The van der Waals surface area contributed by atoms with Crippen molar-refractivity contribution in [1.29, 1.82) is 0 Å². The van der Waals surface area contributed by atoms with Gasteiger partial charge in [0.15, 0.2) is 0 Å². The Balaban J connectivity index is 2.08. The van der Waals surface area contributed by atoms with E-state index in [4.69, 9.17) is 5.73 Å². The highest BCUT2D eigenvalue weighted by atomic mass is 32.1. The van der Waals surface area contributed by atoms with Gasteiger partial charge in [0.2, 0.25) is 5.95 Å². The summed E-state index contributed by atoms with van der Waals surface area (Å²) in [6.45, 7) is 4.74. The molecular formula is C13H14N4S. The molecule has 0 bridgehead atoms. The van der Waals surface area contributed by atoms with Crippen molar-refractivity contribution in [3.05, 3.63) is 39.8 Å². The molecule has 0 fully saturated rings. The normalized spacial score (nSPS) is 11.2. The molecule has 2 heterocycles. The molecule has 3 aromatic rings. The third-order valence-corrected chi connectivity index (χ3v) is 3.74. The van der Waals surface area contributed by atoms with Crippen LogP contribution in [0.2, 0.25) is 0 Å². The summed E-state index contributed by atoms with van der Waals surface area (Å²) in [6, 6.07) is 6.19. The van der Waals surface area contributed by atoms with Crippen LogP contribution in [0.5, 0.6) is 0 Å². The minimum Gasteiger partial charge on any atom is -0.369 e. The van der Waals surface area contributed by atoms with Crippen LogP contribution in [0.3, 0.4) is 0 Å². The first kappa shape index (κ1) is 11.2. The maximum Gasteiger partial charge on any atom is 0.201 e. The Hall–Kier alpha value is -1.88. The van der Waals surface area contributed by atoms with E-state index in [9.17, 15) is 0 Å². The molecule has 18 heavy (non-hydrogen) atoms. The molecule has 3 rings (SSSR count). The Kier molecular flexibility index (Phi) is 2.56. The van der Waals surface area contributed by atoms with Crippen molar-refractivity contribution in [2.24, 2.45) is 0 Å². The third-order valence-electron chi connectivity index (χ3n) is 2.92. The summed E-state index contributed by atoms with van der Waals surface area (Å²) in [4.78, 5) is 8.86. The minimum atomic E-state index is 0.543. The van der Waals surface area contributed by atoms with Gasteiger partial charge in [-0.1, -0.05) is 6.07 Å². The van der Waals surface area contributed by atoms with Gasteiger partial charge in [-0.05, 0) is 31.5 Å². The first-order valence-corrected chi connectivity index (χ1v) is 6.65. The summed E-state index contributed by atoms with van der Waals surface area (Å²) < 4.78 is 2.00. The summed E-state index contributed by atoms with van der Waals surface area (Å²) in [7, 11) is 0. The highest BCUT2D eigenvalue weighted by molar-refractivity contribution is 7.09. The molecule has 2 N–H and O–H groups in total. The Bertz CT molecular complexity index is 711. The fourth-order valence-electron chi connectivity index (χ4n) is 2.07. The van der Waals surface area contributed by atoms with Gasteiger partial charge in [0.25, 0.3) is 0 Å². The number of nitrogen functional groups attached to an aromatic ring is 1. The van der Waals surface area contributed by atoms with Crippen LogP contribution in [0.4, 0.5) is 5.95 Å². The number of aromatic nitrogens is 3. The number of aryl methyl sites for hydroxylation is 2. The molecule has 0 saturated heterocycles. The molecule has 5 heteroatoms. The van der Waals surface area contributed by atoms with Crippen LogP contribution in [-0.2, 0) is 6.54 Å². The lowest BCUT2D eigenvalue weighted by molar-refractivity contribution is 0.813. The average Bonchev–Trinajstić information content (AvgIpc) is 2.84. The zero-order valence-corrected chi connectivity index (χ0v) is 11.2. The van der Waals surface area contributed by atoms with Crippen LogP contribution in [0.15, 0.2) is 23.6 Å². The number of anilines is 1. The molecule has 0 amide bonds. The number of benzene rings is 1. The molecule has 0 aliphatic heterocycles. The Morgan fingerprint density at radius 3 is 2.83 bits per heavy atom. The van der Waals surface area contributed by atoms with E-state index in [1.165, 1.54) is 5.56 Å². The number of hydrogen-bond acceptors (Lipinski definition) is 4. The monoisotopic (exact) mass is 258 g/mol. The van der Waals surface area contributed by atoms with Gasteiger partial charge in [-0.25, -0.2) is 9.97 Å². The number of thiazole rings is 1. The number of rotatable bonds is 2. The molecule has 0 spiro atoms. The fraction of sp³-hybridized carbons (Fsp3) is 0.231. The van der Waals surface area contributed by atoms with Crippen molar-refractivity contribution >= 4 is 28.3 Å². The number of fused-ring (bicyclic) bond motifs is 1. The molecule has 0 aliphatic carbocycles. The van der Waals surface area contributed by atoms with Crippen LogP contribution >= 0.6 is 11.3 Å². The van der Waals surface area contributed by atoms with E-state index in [-0.39, 0.29) is 0 Å². The van der Waals surface area contributed by atoms with Crippen molar-refractivity contribution < 1.29 is 0 Å². The topological polar surface area (TPSA) is 56.7 Å². The summed E-state index contributed by atoms with van der Waals surface area (Å²) in [5, 5.41) is 3.14. The summed E-state index contributed by atoms with van der Waals surface area (Å²) in [6.07, 6.45) is 0. The molecule has 0 aliphatic rings. The van der Waals surface area contributed by atoms with Crippen LogP contribution < -0.4 is 5.73 Å². The smallest absolute Gasteiger partial charge is 0.201 e. The van der Waals surface area contributed by atoms with Gasteiger partial charge >= 0.3 is 0 Å². The number of nitrogens with two attached hydrogens (primary N) is 1. The Morgan fingerprint density at radius 2 is 2.11 bits per heavy atom. The van der Waals surface area contributed by atoms with Crippen molar-refractivity contribution in [2.45, 2.75) is 20.4 Å². The van der Waals surface area contributed by atoms with E-state index >= 15 is 0 Å². The van der Waals surface area contributed by atoms with Gasteiger partial charge in [-0.15, -0.1) is 11.3 Å². The molecule has 0 unspecified atom stereocenters. The predicted octanol–water partition coefficient (Wildman–Crippen LogP) is 2.74. The Morgan fingerprint density at radius 1 is 1.28 bits per heavy atom. The molecule has 0 atom stereocenters. The lowest BCUT2D eigenvalue weighted by Crippen LogP contribution is -2.04. The summed E-state index contributed by atoms with van der Waals surface area (Å²) in [5.74, 6) is 0.543. The minimum absolute atomic E-state index is 0.543. The van der Waals surface area contributed by atoms with E-state index in [0.29, 0.717) is 12.5 Å². The van der Waals surface area contributed by atoms with Crippen molar-refractivity contribution in [3.8, 4) is 0 Å². The zero-order valence-electron chi connectivity index (χ0n) is 10.3. The largest absolute Gasteiger partial charge is 0.369 e. The highest BCUT2D eigenvalue weighted by Gasteiger charge is 2.09. The fourth-order valence-corrected chi connectivity index (χ4v) is 2.67. The molecule has 0 saturated carbocycles. The second-order valence-electron chi connectivity index (χ2n) is 4.41. The van der Waals surface area contributed by atoms with Gasteiger partial charge in [-0.2, -0.15) is 0 Å². The average molecular weight is 258 g/mol. The second-order valence-corrected chi connectivity index (χ2v) is 5.47. The van der Waals surface area contributed by atoms with Crippen LogP contribution in [-0.4, -0.2) is 14.5 Å². The standard InChI is InChI=1S/C13H14N4S/c1-8-3-4-12-11(5-8)16-13(14)17(12)6-10-7-18-9(2)15-10/h3-5,7H,6H2,1-2H3,(H2,14,16). The zero-order chi connectivity index (χ0) is 12.7. The Labute approximate surface area is 109 Å². The SMILES string of the molecule is Cc1ccc2c(c1)nc(N)n2Cc1csc(C)n1. The first-order valence-electron chi connectivity index (χ1n) is 5.77. The predicted molar refractivity (Wildman–Crippen MR) is 74.8 cm³/mol. The summed E-state index contributed by atoms with van der Waals surface area (Å²) in [5.41, 5.74) is 10.2. The number of hydrogen-bond donors (Lipinski definition) is 1. The molecule has 4 nitrogen and oxygen atoms in total. The first-order chi connectivity index (χ1) is 8.63. The quantitative estimate of drug-likeness (QED) is 0.769. The van der Waals surface area contributed by atoms with Crippen LogP contribution in [0.1, 0.15) is 16.3 Å². The molecule has 1 aromatic carbocycles.